The average Bonchev–Trinajstić information content (AvgIpc) is 2.72. The fourth-order valence-electron chi connectivity index (χ4n) is 4.57. The van der Waals surface area contributed by atoms with Gasteiger partial charge in [0.05, 0.1) is 5.60 Å². The largest absolute Gasteiger partial charge is 0.375 e. The highest BCUT2D eigenvalue weighted by Crippen LogP contribution is 2.51. The molecule has 3 fully saturated rings. The molecule has 2 saturated carbocycles. The quantitative estimate of drug-likeness (QED) is 0.706. The van der Waals surface area contributed by atoms with E-state index in [1.165, 1.54) is 44.9 Å². The molecule has 1 aliphatic heterocycles. The number of hydrogen-bond donors (Lipinski definition) is 0. The van der Waals surface area contributed by atoms with Gasteiger partial charge in [0.15, 0.2) is 0 Å². The summed E-state index contributed by atoms with van der Waals surface area (Å²) in [5.74, 6) is 1.21. The van der Waals surface area contributed by atoms with E-state index >= 15 is 0 Å². The fraction of sp³-hybridized carbons (Fsp3) is 0.938. The van der Waals surface area contributed by atoms with Crippen LogP contribution in [0.2, 0.25) is 0 Å². The van der Waals surface area contributed by atoms with Gasteiger partial charge in [0.25, 0.3) is 0 Å². The molecular formula is C16H26O2. The molecular weight excluding hydrogens is 224 g/mol. The highest BCUT2D eigenvalue weighted by molar-refractivity contribution is 5.81. The molecule has 2 unspecified atom stereocenters. The standard InChI is InChI=1S/C16H26O2/c1-15(9-5-14(17)12-15)13-6-10-18-16(11-13)7-3-2-4-8-16/h13H,2-12H2,1H3. The summed E-state index contributed by atoms with van der Waals surface area (Å²) in [5.41, 5.74) is 0.473. The molecule has 0 aromatic rings. The Morgan fingerprint density at radius 2 is 1.94 bits per heavy atom. The SMILES string of the molecule is CC1(C2CCOC3(CCCCC3)C2)CCC(=O)C1. The minimum Gasteiger partial charge on any atom is -0.375 e. The van der Waals surface area contributed by atoms with Crippen LogP contribution < -0.4 is 0 Å². The van der Waals surface area contributed by atoms with Crippen LogP contribution in [0.4, 0.5) is 0 Å². The van der Waals surface area contributed by atoms with Gasteiger partial charge in [-0.15, -0.1) is 0 Å². The zero-order valence-corrected chi connectivity index (χ0v) is 11.7. The zero-order chi connectivity index (χ0) is 12.6. The predicted octanol–water partition coefficient (Wildman–Crippen LogP) is 3.88. The molecule has 0 aromatic heterocycles. The van der Waals surface area contributed by atoms with Crippen LogP contribution in [-0.4, -0.2) is 18.0 Å². The van der Waals surface area contributed by atoms with Crippen molar-refractivity contribution in [2.75, 3.05) is 6.61 Å². The van der Waals surface area contributed by atoms with Crippen molar-refractivity contribution in [3.05, 3.63) is 0 Å². The van der Waals surface area contributed by atoms with E-state index in [1.807, 2.05) is 0 Å². The number of ether oxygens (including phenoxy) is 1. The third kappa shape index (κ3) is 2.24. The van der Waals surface area contributed by atoms with Crippen LogP contribution in [0, 0.1) is 11.3 Å². The number of carbonyl (C=O) groups excluding carboxylic acids is 1. The van der Waals surface area contributed by atoms with E-state index in [4.69, 9.17) is 4.74 Å². The predicted molar refractivity (Wildman–Crippen MR) is 71.5 cm³/mol. The number of rotatable bonds is 1. The van der Waals surface area contributed by atoms with Gasteiger partial charge in [0.2, 0.25) is 0 Å². The molecule has 102 valence electrons. The second-order valence-corrected chi connectivity index (χ2v) is 7.15. The first-order valence-electron chi connectivity index (χ1n) is 7.78. The average molecular weight is 250 g/mol. The minimum atomic E-state index is 0.190. The summed E-state index contributed by atoms with van der Waals surface area (Å²) in [6.07, 6.45) is 11.7. The summed E-state index contributed by atoms with van der Waals surface area (Å²) >= 11 is 0. The zero-order valence-electron chi connectivity index (χ0n) is 11.7. The Hall–Kier alpha value is -0.370. The Bertz CT molecular complexity index is 324. The van der Waals surface area contributed by atoms with Crippen molar-refractivity contribution in [3.63, 3.8) is 0 Å². The van der Waals surface area contributed by atoms with Crippen LogP contribution in [0.3, 0.4) is 0 Å². The van der Waals surface area contributed by atoms with E-state index in [0.717, 1.165) is 31.8 Å². The number of hydrogen-bond acceptors (Lipinski definition) is 2. The molecule has 2 atom stereocenters. The van der Waals surface area contributed by atoms with Crippen LogP contribution >= 0.6 is 0 Å². The molecule has 2 nitrogen and oxygen atoms in total. The Balaban J connectivity index is 1.71. The summed E-state index contributed by atoms with van der Waals surface area (Å²) < 4.78 is 6.18. The van der Waals surface area contributed by atoms with Crippen LogP contribution in [0.1, 0.15) is 71.1 Å². The van der Waals surface area contributed by atoms with Crippen molar-refractivity contribution < 1.29 is 9.53 Å². The Labute approximate surface area is 110 Å². The summed E-state index contributed by atoms with van der Waals surface area (Å²) in [7, 11) is 0. The van der Waals surface area contributed by atoms with E-state index in [1.54, 1.807) is 0 Å². The normalized spacial score (nSPS) is 40.3. The molecule has 18 heavy (non-hydrogen) atoms. The van der Waals surface area contributed by atoms with Gasteiger partial charge in [-0.05, 0) is 43.4 Å². The van der Waals surface area contributed by atoms with Crippen LogP contribution in [0.25, 0.3) is 0 Å². The summed E-state index contributed by atoms with van der Waals surface area (Å²) in [6.45, 7) is 3.28. The Morgan fingerprint density at radius 1 is 1.17 bits per heavy atom. The van der Waals surface area contributed by atoms with Crippen molar-refractivity contribution in [3.8, 4) is 0 Å². The van der Waals surface area contributed by atoms with Crippen molar-refractivity contribution in [1.82, 2.24) is 0 Å². The molecule has 0 amide bonds. The number of ketones is 1. The molecule has 3 aliphatic rings. The van der Waals surface area contributed by atoms with Gasteiger partial charge in [-0.25, -0.2) is 0 Å². The van der Waals surface area contributed by atoms with Crippen LogP contribution in [0.15, 0.2) is 0 Å². The van der Waals surface area contributed by atoms with Gasteiger partial charge < -0.3 is 4.74 Å². The Kier molecular flexibility index (Phi) is 3.25. The first kappa shape index (κ1) is 12.7. The second kappa shape index (κ2) is 4.63. The molecule has 1 saturated heterocycles. The molecule has 0 radical (unpaired) electrons. The molecule has 0 bridgehead atoms. The highest BCUT2D eigenvalue weighted by Gasteiger charge is 2.47. The van der Waals surface area contributed by atoms with E-state index < -0.39 is 0 Å². The van der Waals surface area contributed by atoms with Crippen molar-refractivity contribution >= 4 is 5.78 Å². The van der Waals surface area contributed by atoms with Crippen molar-refractivity contribution in [2.24, 2.45) is 11.3 Å². The van der Waals surface area contributed by atoms with E-state index in [0.29, 0.717) is 5.78 Å². The lowest BCUT2D eigenvalue weighted by molar-refractivity contribution is -0.136. The number of carbonyl (C=O) groups is 1. The van der Waals surface area contributed by atoms with Gasteiger partial charge in [0.1, 0.15) is 5.78 Å². The molecule has 1 heterocycles. The fourth-order valence-corrected chi connectivity index (χ4v) is 4.57. The van der Waals surface area contributed by atoms with Crippen LogP contribution in [-0.2, 0) is 9.53 Å². The molecule has 0 N–H and O–H groups in total. The minimum absolute atomic E-state index is 0.190. The summed E-state index contributed by atoms with van der Waals surface area (Å²) in [4.78, 5) is 11.6. The lowest BCUT2D eigenvalue weighted by Crippen LogP contribution is -2.45. The molecule has 3 rings (SSSR count). The monoisotopic (exact) mass is 250 g/mol. The summed E-state index contributed by atoms with van der Waals surface area (Å²) in [6, 6.07) is 0. The topological polar surface area (TPSA) is 26.3 Å². The number of Topliss-reactive ketones (excluding diaryl/α,β-unsaturated/α-hetero) is 1. The summed E-state index contributed by atoms with van der Waals surface area (Å²) in [5, 5.41) is 0. The second-order valence-electron chi connectivity index (χ2n) is 7.15. The van der Waals surface area contributed by atoms with E-state index in [-0.39, 0.29) is 11.0 Å². The van der Waals surface area contributed by atoms with Gasteiger partial charge in [0, 0.05) is 19.4 Å². The van der Waals surface area contributed by atoms with Crippen molar-refractivity contribution in [2.45, 2.75) is 76.7 Å². The van der Waals surface area contributed by atoms with E-state index in [9.17, 15) is 4.79 Å². The lowest BCUT2D eigenvalue weighted by Gasteiger charge is -2.48. The van der Waals surface area contributed by atoms with E-state index in [2.05, 4.69) is 6.92 Å². The van der Waals surface area contributed by atoms with Gasteiger partial charge in [-0.2, -0.15) is 0 Å². The van der Waals surface area contributed by atoms with Gasteiger partial charge in [-0.3, -0.25) is 4.79 Å². The molecule has 1 spiro atoms. The molecule has 2 heteroatoms. The third-order valence-corrected chi connectivity index (χ3v) is 5.82. The van der Waals surface area contributed by atoms with Gasteiger partial charge in [-0.1, -0.05) is 26.2 Å². The maximum absolute atomic E-state index is 11.6. The van der Waals surface area contributed by atoms with Crippen molar-refractivity contribution in [1.29, 1.82) is 0 Å². The first-order valence-corrected chi connectivity index (χ1v) is 7.78. The van der Waals surface area contributed by atoms with Crippen LogP contribution in [0.5, 0.6) is 0 Å². The maximum Gasteiger partial charge on any atom is 0.133 e. The lowest BCUT2D eigenvalue weighted by atomic mass is 9.65. The smallest absolute Gasteiger partial charge is 0.133 e. The molecule has 0 aromatic carbocycles. The third-order valence-electron chi connectivity index (χ3n) is 5.82. The maximum atomic E-state index is 11.6. The Morgan fingerprint density at radius 3 is 2.61 bits per heavy atom. The first-order chi connectivity index (χ1) is 8.62. The highest BCUT2D eigenvalue weighted by atomic mass is 16.5. The van der Waals surface area contributed by atoms with Gasteiger partial charge >= 0.3 is 0 Å². The molecule has 2 aliphatic carbocycles.